The SMILES string of the molecule is N#CCCn1cc(C(=O)CN2CCC(Cc3ccccc3)CC2)c2ccccc21. The van der Waals surface area contributed by atoms with Gasteiger partial charge >= 0.3 is 0 Å². The lowest BCUT2D eigenvalue weighted by Gasteiger charge is -2.31. The second-order valence-electron chi connectivity index (χ2n) is 7.99. The number of likely N-dealkylation sites (tertiary alicyclic amines) is 1. The molecule has 0 aliphatic carbocycles. The highest BCUT2D eigenvalue weighted by Gasteiger charge is 2.23. The number of carbonyl (C=O) groups is 1. The number of nitrogens with zero attached hydrogens (tertiary/aromatic N) is 3. The Bertz CT molecular complexity index is 1010. The summed E-state index contributed by atoms with van der Waals surface area (Å²) in [5.41, 5.74) is 3.23. The topological polar surface area (TPSA) is 49.0 Å². The third kappa shape index (κ3) is 4.58. The molecule has 1 aliphatic heterocycles. The average Bonchev–Trinajstić information content (AvgIpc) is 3.13. The Kier molecular flexibility index (Phi) is 6.07. The number of carbonyl (C=O) groups excluding carboxylic acids is 1. The Morgan fingerprint density at radius 3 is 2.52 bits per heavy atom. The predicted molar refractivity (Wildman–Crippen MR) is 116 cm³/mol. The molecule has 0 amide bonds. The number of Topliss-reactive ketones (excluding diaryl/α,β-unsaturated/α-hetero) is 1. The number of fused-ring (bicyclic) bond motifs is 1. The highest BCUT2D eigenvalue weighted by atomic mass is 16.1. The van der Waals surface area contributed by atoms with Crippen LogP contribution in [-0.4, -0.2) is 34.9 Å². The van der Waals surface area contributed by atoms with Crippen LogP contribution in [0.4, 0.5) is 0 Å². The van der Waals surface area contributed by atoms with Crippen LogP contribution in [0.5, 0.6) is 0 Å². The van der Waals surface area contributed by atoms with Crippen molar-refractivity contribution < 1.29 is 4.79 Å². The molecule has 0 saturated carbocycles. The summed E-state index contributed by atoms with van der Waals surface area (Å²) in [6, 6.07) is 20.9. The third-order valence-electron chi connectivity index (χ3n) is 6.00. The Morgan fingerprint density at radius 1 is 1.03 bits per heavy atom. The van der Waals surface area contributed by atoms with E-state index in [1.54, 1.807) is 0 Å². The molecular weight excluding hydrogens is 358 g/mol. The van der Waals surface area contributed by atoms with Crippen molar-refractivity contribution >= 4 is 16.7 Å². The van der Waals surface area contributed by atoms with Gasteiger partial charge in [-0.25, -0.2) is 0 Å². The largest absolute Gasteiger partial charge is 0.346 e. The van der Waals surface area contributed by atoms with Crippen LogP contribution >= 0.6 is 0 Å². The molecule has 0 bridgehead atoms. The molecule has 0 unspecified atom stereocenters. The van der Waals surface area contributed by atoms with E-state index in [4.69, 9.17) is 5.26 Å². The number of piperidine rings is 1. The number of aryl methyl sites for hydroxylation is 1. The van der Waals surface area contributed by atoms with Crippen LogP contribution in [0.3, 0.4) is 0 Å². The number of nitriles is 1. The first-order chi connectivity index (χ1) is 14.2. The number of aromatic nitrogens is 1. The van der Waals surface area contributed by atoms with E-state index in [2.05, 4.69) is 41.3 Å². The van der Waals surface area contributed by atoms with Crippen molar-refractivity contribution in [2.24, 2.45) is 5.92 Å². The molecule has 1 saturated heterocycles. The molecule has 4 nitrogen and oxygen atoms in total. The Balaban J connectivity index is 1.38. The number of para-hydroxylation sites is 1. The Morgan fingerprint density at radius 2 is 1.76 bits per heavy atom. The van der Waals surface area contributed by atoms with Crippen molar-refractivity contribution in [3.05, 3.63) is 71.9 Å². The first-order valence-electron chi connectivity index (χ1n) is 10.5. The van der Waals surface area contributed by atoms with Gasteiger partial charge in [0.1, 0.15) is 0 Å². The van der Waals surface area contributed by atoms with Crippen LogP contribution in [-0.2, 0) is 13.0 Å². The molecular formula is C25H27N3O. The molecule has 3 aromatic rings. The van der Waals surface area contributed by atoms with E-state index in [1.807, 2.05) is 35.0 Å². The van der Waals surface area contributed by atoms with Crippen molar-refractivity contribution in [1.29, 1.82) is 5.26 Å². The first kappa shape index (κ1) is 19.4. The fraction of sp³-hybridized carbons (Fsp3) is 0.360. The van der Waals surface area contributed by atoms with E-state index < -0.39 is 0 Å². The van der Waals surface area contributed by atoms with Gasteiger partial charge in [-0.2, -0.15) is 5.26 Å². The van der Waals surface area contributed by atoms with E-state index in [0.717, 1.165) is 48.8 Å². The molecule has 0 atom stereocenters. The molecule has 2 heterocycles. The van der Waals surface area contributed by atoms with Crippen molar-refractivity contribution in [3.8, 4) is 6.07 Å². The monoisotopic (exact) mass is 385 g/mol. The number of hydrogen-bond acceptors (Lipinski definition) is 3. The molecule has 4 rings (SSSR count). The second kappa shape index (κ2) is 9.07. The van der Waals surface area contributed by atoms with Gasteiger partial charge in [-0.15, -0.1) is 0 Å². The average molecular weight is 386 g/mol. The van der Waals surface area contributed by atoms with Crippen molar-refractivity contribution in [2.45, 2.75) is 32.2 Å². The van der Waals surface area contributed by atoms with Gasteiger partial charge in [-0.1, -0.05) is 48.5 Å². The van der Waals surface area contributed by atoms with Crippen molar-refractivity contribution in [3.63, 3.8) is 0 Å². The third-order valence-corrected chi connectivity index (χ3v) is 6.00. The van der Waals surface area contributed by atoms with Crippen LogP contribution in [0.15, 0.2) is 60.8 Å². The van der Waals surface area contributed by atoms with Crippen LogP contribution in [0.1, 0.15) is 35.2 Å². The maximum Gasteiger partial charge on any atom is 0.178 e. The summed E-state index contributed by atoms with van der Waals surface area (Å²) < 4.78 is 2.04. The zero-order valence-corrected chi connectivity index (χ0v) is 16.8. The lowest BCUT2D eigenvalue weighted by atomic mass is 9.90. The lowest BCUT2D eigenvalue weighted by molar-refractivity contribution is 0.0897. The van der Waals surface area contributed by atoms with E-state index >= 15 is 0 Å². The van der Waals surface area contributed by atoms with E-state index in [-0.39, 0.29) is 5.78 Å². The van der Waals surface area contributed by atoms with Crippen molar-refractivity contribution in [1.82, 2.24) is 9.47 Å². The summed E-state index contributed by atoms with van der Waals surface area (Å²) in [5, 5.41) is 9.90. The number of ketones is 1. The molecule has 1 aromatic heterocycles. The fourth-order valence-corrected chi connectivity index (χ4v) is 4.41. The zero-order valence-electron chi connectivity index (χ0n) is 16.8. The van der Waals surface area contributed by atoms with Gasteiger partial charge in [-0.05, 0) is 49.9 Å². The molecule has 4 heteroatoms. The normalized spacial score (nSPS) is 15.4. The molecule has 1 fully saturated rings. The maximum absolute atomic E-state index is 13.1. The van der Waals surface area contributed by atoms with Crippen LogP contribution < -0.4 is 0 Å². The maximum atomic E-state index is 13.1. The summed E-state index contributed by atoms with van der Waals surface area (Å²) >= 11 is 0. The lowest BCUT2D eigenvalue weighted by Crippen LogP contribution is -2.37. The highest BCUT2D eigenvalue weighted by Crippen LogP contribution is 2.25. The van der Waals surface area contributed by atoms with Gasteiger partial charge in [0, 0.05) is 29.2 Å². The number of rotatable bonds is 7. The Hall–Kier alpha value is -2.90. The predicted octanol–water partition coefficient (Wildman–Crippen LogP) is 4.69. The molecule has 0 N–H and O–H groups in total. The highest BCUT2D eigenvalue weighted by molar-refractivity contribution is 6.09. The minimum Gasteiger partial charge on any atom is -0.346 e. The smallest absolute Gasteiger partial charge is 0.178 e. The van der Waals surface area contributed by atoms with Gasteiger partial charge in [-0.3, -0.25) is 9.69 Å². The summed E-state index contributed by atoms with van der Waals surface area (Å²) in [7, 11) is 0. The van der Waals surface area contributed by atoms with Gasteiger partial charge < -0.3 is 4.57 Å². The quantitative estimate of drug-likeness (QED) is 0.554. The molecule has 148 valence electrons. The summed E-state index contributed by atoms with van der Waals surface area (Å²) in [4.78, 5) is 15.4. The first-order valence-corrected chi connectivity index (χ1v) is 10.5. The van der Waals surface area contributed by atoms with Crippen LogP contribution in [0.2, 0.25) is 0 Å². The van der Waals surface area contributed by atoms with Crippen LogP contribution in [0, 0.1) is 17.2 Å². The Labute approximate surface area is 172 Å². The molecule has 29 heavy (non-hydrogen) atoms. The zero-order chi connectivity index (χ0) is 20.1. The minimum absolute atomic E-state index is 0.179. The van der Waals surface area contributed by atoms with E-state index in [9.17, 15) is 4.79 Å². The molecule has 1 aliphatic rings. The molecule has 2 aromatic carbocycles. The minimum atomic E-state index is 0.179. The van der Waals surface area contributed by atoms with Gasteiger partial charge in [0.05, 0.1) is 19.0 Å². The summed E-state index contributed by atoms with van der Waals surface area (Å²) in [6.07, 6.45) is 5.81. The number of hydrogen-bond donors (Lipinski definition) is 0. The number of benzene rings is 2. The van der Waals surface area contributed by atoms with Crippen LogP contribution in [0.25, 0.3) is 10.9 Å². The fourth-order valence-electron chi connectivity index (χ4n) is 4.41. The second-order valence-corrected chi connectivity index (χ2v) is 7.99. The van der Waals surface area contributed by atoms with E-state index in [1.165, 1.54) is 5.56 Å². The summed E-state index contributed by atoms with van der Waals surface area (Å²) in [6.45, 7) is 3.06. The van der Waals surface area contributed by atoms with Crippen molar-refractivity contribution in [2.75, 3.05) is 19.6 Å². The molecule has 0 spiro atoms. The standard InChI is InChI=1S/C25H27N3O/c26-13-6-14-28-18-23(22-9-4-5-10-24(22)28)25(29)19-27-15-11-21(12-16-27)17-20-7-2-1-3-8-20/h1-5,7-10,18,21H,6,11-12,14-17,19H2. The van der Waals surface area contributed by atoms with Gasteiger partial charge in [0.25, 0.3) is 0 Å². The van der Waals surface area contributed by atoms with Gasteiger partial charge in [0.2, 0.25) is 0 Å². The summed E-state index contributed by atoms with van der Waals surface area (Å²) in [5.74, 6) is 0.884. The molecule has 0 radical (unpaired) electrons. The van der Waals surface area contributed by atoms with Gasteiger partial charge in [0.15, 0.2) is 5.78 Å². The van der Waals surface area contributed by atoms with E-state index in [0.29, 0.717) is 25.4 Å².